The van der Waals surface area contributed by atoms with Gasteiger partial charge in [-0.15, -0.1) is 0 Å². The SMILES string of the molecule is CCn1c(-c2cnccc2COC)c2c3cc(ccc31)-c1cc(O)cc(c1)C[C@H](NC(=O)C(C(C)C)N(C)C(=O)N1CCCN(C(=O)[C@H]3CN3)CC1)C(=O)N1CCC[C@H](N1)C(=O)OCC(C)(C)C2. The van der Waals surface area contributed by atoms with E-state index < -0.39 is 41.3 Å². The minimum atomic E-state index is -1.16. The number of nitrogens with one attached hydrogen (secondary N) is 3. The van der Waals surface area contributed by atoms with Gasteiger partial charge in [-0.3, -0.25) is 29.2 Å². The van der Waals surface area contributed by atoms with Gasteiger partial charge in [0.15, 0.2) is 0 Å². The Hall–Kier alpha value is -6.04. The number of fused-ring (bicyclic) bond motifs is 6. The van der Waals surface area contributed by atoms with Crippen LogP contribution in [0.4, 0.5) is 4.79 Å². The number of cyclic esters (lactones) is 1. The monoisotopic (exact) mass is 934 g/mol. The van der Waals surface area contributed by atoms with Crippen LogP contribution in [0.3, 0.4) is 0 Å². The van der Waals surface area contributed by atoms with Crippen molar-refractivity contribution in [2.75, 3.05) is 60.0 Å². The lowest BCUT2D eigenvalue weighted by Crippen LogP contribution is -2.62. The Morgan fingerprint density at radius 3 is 2.51 bits per heavy atom. The van der Waals surface area contributed by atoms with Crippen LogP contribution >= 0.6 is 0 Å². The van der Waals surface area contributed by atoms with Crippen LogP contribution in [0.25, 0.3) is 33.3 Å². The average molecular weight is 934 g/mol. The first-order valence-corrected chi connectivity index (χ1v) is 24.1. The van der Waals surface area contributed by atoms with Gasteiger partial charge in [-0.25, -0.2) is 10.2 Å². The van der Waals surface area contributed by atoms with Crippen LogP contribution in [0.5, 0.6) is 5.75 Å². The molecule has 68 heavy (non-hydrogen) atoms. The number of carbonyl (C=O) groups excluding carboxylic acids is 5. The van der Waals surface area contributed by atoms with Gasteiger partial charge in [0.05, 0.1) is 24.9 Å². The van der Waals surface area contributed by atoms with Crippen molar-refractivity contribution in [3.05, 3.63) is 71.5 Å². The lowest BCUT2D eigenvalue weighted by atomic mass is 9.84. The molecule has 1 unspecified atom stereocenters. The number of aryl methyl sites for hydroxylation is 1. The minimum Gasteiger partial charge on any atom is -0.508 e. The smallest absolute Gasteiger partial charge is 0.324 e. The second-order valence-corrected chi connectivity index (χ2v) is 19.9. The van der Waals surface area contributed by atoms with Crippen LogP contribution in [0, 0.1) is 11.3 Å². The summed E-state index contributed by atoms with van der Waals surface area (Å²) in [5.41, 5.74) is 9.77. The maximum atomic E-state index is 14.8. The second kappa shape index (κ2) is 20.3. The van der Waals surface area contributed by atoms with E-state index in [1.165, 1.54) is 9.91 Å². The Morgan fingerprint density at radius 2 is 1.78 bits per heavy atom. The van der Waals surface area contributed by atoms with E-state index in [1.807, 2.05) is 38.2 Å². The summed E-state index contributed by atoms with van der Waals surface area (Å²) in [7, 11) is 3.27. The van der Waals surface area contributed by atoms with Crippen LogP contribution in [-0.2, 0) is 54.6 Å². The molecule has 2 aromatic carbocycles. The molecule has 17 nitrogen and oxygen atoms in total. The molecular weight excluding hydrogens is 867 g/mol. The third-order valence-corrected chi connectivity index (χ3v) is 13.7. The van der Waals surface area contributed by atoms with Gasteiger partial charge in [-0.1, -0.05) is 39.8 Å². The van der Waals surface area contributed by atoms with Gasteiger partial charge >= 0.3 is 12.0 Å². The zero-order chi connectivity index (χ0) is 48.4. The number of nitrogens with zero attached hydrogens (tertiary/aromatic N) is 6. The molecule has 8 rings (SSSR count). The van der Waals surface area contributed by atoms with Gasteiger partial charge in [0.1, 0.15) is 23.9 Å². The number of rotatable bonds is 9. The summed E-state index contributed by atoms with van der Waals surface area (Å²) in [6.07, 6.45) is 5.75. The first kappa shape index (κ1) is 48.4. The molecule has 6 bridgehead atoms. The fraction of sp³-hybridized carbons (Fsp3) is 0.529. The molecule has 4 atom stereocenters. The van der Waals surface area contributed by atoms with Crippen LogP contribution in [0.1, 0.15) is 70.6 Å². The highest BCUT2D eigenvalue weighted by Crippen LogP contribution is 2.41. The molecule has 4 aromatic rings. The highest BCUT2D eigenvalue weighted by atomic mass is 16.5. The average Bonchev–Trinajstić information content (AvgIpc) is 4.16. The predicted octanol–water partition coefficient (Wildman–Crippen LogP) is 4.47. The molecule has 0 saturated carbocycles. The Balaban J connectivity index is 1.16. The molecule has 17 heteroatoms. The third-order valence-electron chi connectivity index (χ3n) is 13.7. The van der Waals surface area contributed by atoms with E-state index in [0.29, 0.717) is 77.1 Å². The summed E-state index contributed by atoms with van der Waals surface area (Å²) in [6, 6.07) is 10.0. The molecule has 0 spiro atoms. The predicted molar refractivity (Wildman–Crippen MR) is 257 cm³/mol. The van der Waals surface area contributed by atoms with Crippen molar-refractivity contribution in [1.82, 2.24) is 45.3 Å². The molecule has 4 aliphatic heterocycles. The molecule has 2 aromatic heterocycles. The van der Waals surface area contributed by atoms with Crippen molar-refractivity contribution in [3.63, 3.8) is 0 Å². The summed E-state index contributed by atoms with van der Waals surface area (Å²) in [5.74, 6) is -1.78. The molecule has 0 radical (unpaired) electrons. The number of methoxy groups -OCH3 is 1. The van der Waals surface area contributed by atoms with Crippen LogP contribution < -0.4 is 16.1 Å². The summed E-state index contributed by atoms with van der Waals surface area (Å²) in [5, 5.41) is 19.8. The minimum absolute atomic E-state index is 0.00505. The van der Waals surface area contributed by atoms with Crippen molar-refractivity contribution in [3.8, 4) is 28.1 Å². The van der Waals surface area contributed by atoms with Gasteiger partial charge in [0.25, 0.3) is 5.91 Å². The Morgan fingerprint density at radius 1 is 1.01 bits per heavy atom. The summed E-state index contributed by atoms with van der Waals surface area (Å²) < 4.78 is 14.0. The Labute approximate surface area is 398 Å². The number of benzene rings is 2. The number of esters is 1. The summed E-state index contributed by atoms with van der Waals surface area (Å²) in [6.45, 7) is 13.8. The Bertz CT molecular complexity index is 2550. The molecule has 0 aliphatic carbocycles. The van der Waals surface area contributed by atoms with Gasteiger partial charge in [0.2, 0.25) is 11.8 Å². The summed E-state index contributed by atoms with van der Waals surface area (Å²) in [4.78, 5) is 79.7. The van der Waals surface area contributed by atoms with Crippen LogP contribution in [0.15, 0.2) is 54.9 Å². The van der Waals surface area contributed by atoms with E-state index >= 15 is 0 Å². The van der Waals surface area contributed by atoms with E-state index in [9.17, 15) is 29.1 Å². The number of phenols is 1. The number of aromatic hydroxyl groups is 1. The van der Waals surface area contributed by atoms with Gasteiger partial charge < -0.3 is 44.5 Å². The van der Waals surface area contributed by atoms with E-state index in [1.54, 1.807) is 42.3 Å². The highest BCUT2D eigenvalue weighted by Gasteiger charge is 2.40. The molecule has 3 saturated heterocycles. The quantitative estimate of drug-likeness (QED) is 0.136. The lowest BCUT2D eigenvalue weighted by molar-refractivity contribution is -0.155. The first-order valence-electron chi connectivity index (χ1n) is 24.1. The van der Waals surface area contributed by atoms with Gasteiger partial charge in [0, 0.05) is 101 Å². The van der Waals surface area contributed by atoms with Crippen LogP contribution in [0.2, 0.25) is 0 Å². The van der Waals surface area contributed by atoms with Crippen molar-refractivity contribution in [2.45, 2.75) is 104 Å². The molecule has 4 N–H and O–H groups in total. The number of hydrazine groups is 1. The molecule has 5 amide bonds. The molecule has 3 fully saturated rings. The standard InChI is InChI=1S/C51H67N9O8/c1-8-59-43-13-12-33-25-37(43)38(45(59)39-27-52-15-14-34(39)29-67-7)26-51(4,5)30-68-49(65)40-11-9-18-60(55-40)48(64)41(23-32-21-35(33)24-36(61)22-32)54-46(62)44(31(2)3)56(6)50(66)58-17-10-16-57(19-20-58)47(63)42-28-53-42/h12-15,21-22,24-25,27,31,40-42,44,53,55,61H,8-11,16-20,23,26,28-30H2,1-7H3,(H,54,62)/t40-,41-,42+,44?/m0/s1. The van der Waals surface area contributed by atoms with Crippen LogP contribution in [-0.4, -0.2) is 148 Å². The fourth-order valence-electron chi connectivity index (χ4n) is 10.2. The molecule has 364 valence electrons. The van der Waals surface area contributed by atoms with Crippen molar-refractivity contribution < 1.29 is 38.6 Å². The first-order chi connectivity index (χ1) is 32.6. The number of amides is 5. The highest BCUT2D eigenvalue weighted by molar-refractivity contribution is 5.96. The number of hydrogen-bond donors (Lipinski definition) is 4. The van der Waals surface area contributed by atoms with Gasteiger partial charge in [-0.2, -0.15) is 0 Å². The zero-order valence-corrected chi connectivity index (χ0v) is 40.5. The lowest BCUT2D eigenvalue weighted by Gasteiger charge is -2.37. The largest absolute Gasteiger partial charge is 0.508 e. The maximum absolute atomic E-state index is 14.8. The third kappa shape index (κ3) is 10.3. The number of aromatic nitrogens is 2. The number of likely N-dealkylation sites (N-methyl/N-ethyl adjacent to an activating group) is 1. The zero-order valence-electron chi connectivity index (χ0n) is 40.5. The van der Waals surface area contributed by atoms with Crippen molar-refractivity contribution in [2.24, 2.45) is 11.3 Å². The van der Waals surface area contributed by atoms with E-state index in [0.717, 1.165) is 44.4 Å². The number of ether oxygens (including phenoxy) is 2. The number of urea groups is 1. The second-order valence-electron chi connectivity index (χ2n) is 19.9. The van der Waals surface area contributed by atoms with E-state index in [4.69, 9.17) is 9.47 Å². The molecule has 6 heterocycles. The fourth-order valence-corrected chi connectivity index (χ4v) is 10.2. The number of hydrogen-bond acceptors (Lipinski definition) is 11. The molecular formula is C51H67N9O8. The number of phenolic OH excluding ortho intramolecular Hbond substituents is 1. The maximum Gasteiger partial charge on any atom is 0.324 e. The van der Waals surface area contributed by atoms with E-state index in [2.05, 4.69) is 58.5 Å². The van der Waals surface area contributed by atoms with Crippen molar-refractivity contribution in [1.29, 1.82) is 0 Å². The summed E-state index contributed by atoms with van der Waals surface area (Å²) >= 11 is 0. The topological polar surface area (TPSA) is 201 Å². The number of carbonyl (C=O) groups is 5. The van der Waals surface area contributed by atoms with Crippen molar-refractivity contribution >= 4 is 40.6 Å². The Kier molecular flexibility index (Phi) is 14.4. The molecule has 4 aliphatic rings. The van der Waals surface area contributed by atoms with Gasteiger partial charge in [-0.05, 0) is 96.7 Å². The number of pyridine rings is 1. The normalized spacial score (nSPS) is 21.5. The van der Waals surface area contributed by atoms with E-state index in [-0.39, 0.29) is 49.2 Å².